The molecule has 0 unspecified atom stereocenters. The van der Waals surface area contributed by atoms with E-state index in [1.54, 1.807) is 27.7 Å². The summed E-state index contributed by atoms with van der Waals surface area (Å²) in [5, 5.41) is 8.19. The zero-order valence-electron chi connectivity index (χ0n) is 8.46. The molecule has 0 aliphatic carbocycles. The summed E-state index contributed by atoms with van der Waals surface area (Å²) in [5.41, 5.74) is -0.651. The molecule has 0 aliphatic rings. The van der Waals surface area contributed by atoms with Crippen LogP contribution in [0.2, 0.25) is 0 Å². The van der Waals surface area contributed by atoms with Crippen molar-refractivity contribution in [3.05, 3.63) is 0 Å². The molecule has 0 bridgehead atoms. The monoisotopic (exact) mass is 204 g/mol. The minimum absolute atomic E-state index is 0.157. The van der Waals surface area contributed by atoms with E-state index in [-0.39, 0.29) is 6.54 Å². The molecule has 0 radical (unpaired) electrons. The van der Waals surface area contributed by atoms with E-state index in [1.807, 2.05) is 6.07 Å². The Balaban J connectivity index is 4.29. The molecule has 0 fully saturated rings. The van der Waals surface area contributed by atoms with Gasteiger partial charge in [-0.05, 0) is 27.7 Å². The molecule has 0 aromatic carbocycles. The van der Waals surface area contributed by atoms with E-state index in [1.165, 1.54) is 0 Å². The minimum atomic E-state index is -3.24. The van der Waals surface area contributed by atoms with Crippen LogP contribution in [0.5, 0.6) is 0 Å². The fourth-order valence-corrected chi connectivity index (χ4v) is 1.38. The molecular formula is C8H16N2O2S. The molecule has 0 rings (SSSR count). The Kier molecular flexibility index (Phi) is 3.88. The Morgan fingerprint density at radius 1 is 1.46 bits per heavy atom. The number of nitriles is 1. The van der Waals surface area contributed by atoms with Gasteiger partial charge in [-0.25, -0.2) is 13.1 Å². The van der Waals surface area contributed by atoms with Crippen LogP contribution in [0.3, 0.4) is 0 Å². The van der Waals surface area contributed by atoms with Crippen molar-refractivity contribution in [2.75, 3.05) is 6.54 Å². The first-order valence-corrected chi connectivity index (χ1v) is 5.65. The highest BCUT2D eigenvalue weighted by Gasteiger charge is 2.22. The molecule has 0 spiro atoms. The molecule has 0 aromatic rings. The van der Waals surface area contributed by atoms with Crippen molar-refractivity contribution < 1.29 is 8.42 Å². The van der Waals surface area contributed by atoms with Crippen molar-refractivity contribution >= 4 is 10.0 Å². The SMILES string of the molecule is CC(C)S(=O)(=O)NCC(C)(C)C#N. The van der Waals surface area contributed by atoms with Crippen molar-refractivity contribution in [2.45, 2.75) is 32.9 Å². The molecule has 1 N–H and O–H groups in total. The lowest BCUT2D eigenvalue weighted by molar-refractivity contribution is 0.476. The predicted octanol–water partition coefficient (Wildman–Crippen LogP) is 0.864. The Morgan fingerprint density at radius 2 is 1.92 bits per heavy atom. The first-order valence-electron chi connectivity index (χ1n) is 4.11. The van der Waals surface area contributed by atoms with Gasteiger partial charge in [0.15, 0.2) is 0 Å². The third-order valence-corrected chi connectivity index (χ3v) is 3.43. The zero-order valence-corrected chi connectivity index (χ0v) is 9.27. The maximum atomic E-state index is 11.3. The van der Waals surface area contributed by atoms with Crippen LogP contribution in [0.25, 0.3) is 0 Å². The van der Waals surface area contributed by atoms with E-state index in [0.717, 1.165) is 0 Å². The van der Waals surface area contributed by atoms with Crippen LogP contribution in [0.4, 0.5) is 0 Å². The number of nitrogens with zero attached hydrogens (tertiary/aromatic N) is 1. The van der Waals surface area contributed by atoms with Crippen LogP contribution in [-0.4, -0.2) is 20.2 Å². The second-order valence-electron chi connectivity index (χ2n) is 3.91. The van der Waals surface area contributed by atoms with Crippen molar-refractivity contribution in [3.8, 4) is 6.07 Å². The molecule has 0 atom stereocenters. The van der Waals surface area contributed by atoms with Crippen molar-refractivity contribution in [3.63, 3.8) is 0 Å². The Bertz CT molecular complexity index is 299. The fraction of sp³-hybridized carbons (Fsp3) is 0.875. The molecule has 5 heteroatoms. The van der Waals surface area contributed by atoms with E-state index in [4.69, 9.17) is 5.26 Å². The highest BCUT2D eigenvalue weighted by molar-refractivity contribution is 7.90. The lowest BCUT2D eigenvalue weighted by Crippen LogP contribution is -2.37. The Hall–Kier alpha value is -0.600. The Labute approximate surface area is 80.0 Å². The van der Waals surface area contributed by atoms with Gasteiger partial charge < -0.3 is 0 Å². The van der Waals surface area contributed by atoms with Crippen molar-refractivity contribution in [1.82, 2.24) is 4.72 Å². The average molecular weight is 204 g/mol. The van der Waals surface area contributed by atoms with Crippen molar-refractivity contribution in [2.24, 2.45) is 5.41 Å². The molecule has 76 valence electrons. The first-order chi connectivity index (χ1) is 5.71. The maximum absolute atomic E-state index is 11.3. The number of rotatable bonds is 4. The summed E-state index contributed by atoms with van der Waals surface area (Å²) in [6, 6.07) is 2.03. The van der Waals surface area contributed by atoms with Crippen LogP contribution >= 0.6 is 0 Å². The quantitative estimate of drug-likeness (QED) is 0.738. The molecule has 0 aliphatic heterocycles. The first kappa shape index (κ1) is 12.4. The number of nitrogens with one attached hydrogen (secondary N) is 1. The third-order valence-electron chi connectivity index (χ3n) is 1.64. The molecular weight excluding hydrogens is 188 g/mol. The molecule has 0 saturated heterocycles. The molecule has 0 heterocycles. The molecule has 0 amide bonds. The topological polar surface area (TPSA) is 70.0 Å². The average Bonchev–Trinajstić information content (AvgIpc) is 2.01. The molecule has 13 heavy (non-hydrogen) atoms. The van der Waals surface area contributed by atoms with Gasteiger partial charge >= 0.3 is 0 Å². The third kappa shape index (κ3) is 4.25. The van der Waals surface area contributed by atoms with Crippen LogP contribution in [0.1, 0.15) is 27.7 Å². The van der Waals surface area contributed by atoms with Crippen LogP contribution in [0, 0.1) is 16.7 Å². The van der Waals surface area contributed by atoms with E-state index in [2.05, 4.69) is 4.72 Å². The lowest BCUT2D eigenvalue weighted by atomic mass is 9.97. The standard InChI is InChI=1S/C8H16N2O2S/c1-7(2)13(11,12)10-6-8(3,4)5-9/h7,10H,6H2,1-4H3. The Morgan fingerprint density at radius 3 is 2.23 bits per heavy atom. The van der Waals surface area contributed by atoms with Crippen LogP contribution in [-0.2, 0) is 10.0 Å². The summed E-state index contributed by atoms with van der Waals surface area (Å²) in [7, 11) is -3.24. The van der Waals surface area contributed by atoms with E-state index < -0.39 is 20.7 Å². The minimum Gasteiger partial charge on any atom is -0.213 e. The smallest absolute Gasteiger partial charge is 0.213 e. The van der Waals surface area contributed by atoms with Crippen LogP contribution in [0.15, 0.2) is 0 Å². The van der Waals surface area contributed by atoms with E-state index in [9.17, 15) is 8.42 Å². The normalized spacial score (nSPS) is 12.9. The molecule has 0 saturated carbocycles. The van der Waals surface area contributed by atoms with Gasteiger partial charge in [-0.1, -0.05) is 0 Å². The highest BCUT2D eigenvalue weighted by Crippen LogP contribution is 2.11. The van der Waals surface area contributed by atoms with E-state index in [0.29, 0.717) is 0 Å². The zero-order chi connectivity index (χ0) is 10.7. The second-order valence-corrected chi connectivity index (χ2v) is 6.23. The van der Waals surface area contributed by atoms with Crippen LogP contribution < -0.4 is 4.72 Å². The number of hydrogen-bond donors (Lipinski definition) is 1. The van der Waals surface area contributed by atoms with Gasteiger partial charge in [0.2, 0.25) is 10.0 Å². The van der Waals surface area contributed by atoms with Gasteiger partial charge in [-0.2, -0.15) is 5.26 Å². The summed E-state index contributed by atoms with van der Waals surface area (Å²) in [4.78, 5) is 0. The highest BCUT2D eigenvalue weighted by atomic mass is 32.2. The predicted molar refractivity (Wildman–Crippen MR) is 51.5 cm³/mol. The number of hydrogen-bond acceptors (Lipinski definition) is 3. The van der Waals surface area contributed by atoms with Crippen molar-refractivity contribution in [1.29, 1.82) is 5.26 Å². The maximum Gasteiger partial charge on any atom is 0.213 e. The van der Waals surface area contributed by atoms with Gasteiger partial charge in [0.05, 0.1) is 16.7 Å². The summed E-state index contributed by atoms with van der Waals surface area (Å²) < 4.78 is 24.9. The van der Waals surface area contributed by atoms with Gasteiger partial charge in [-0.3, -0.25) is 0 Å². The van der Waals surface area contributed by atoms with Gasteiger partial charge in [0.25, 0.3) is 0 Å². The second kappa shape index (κ2) is 4.07. The number of sulfonamides is 1. The van der Waals surface area contributed by atoms with E-state index >= 15 is 0 Å². The summed E-state index contributed by atoms with van der Waals surface area (Å²) in [6.45, 7) is 6.74. The molecule has 0 aromatic heterocycles. The van der Waals surface area contributed by atoms with Gasteiger partial charge in [0.1, 0.15) is 0 Å². The van der Waals surface area contributed by atoms with Gasteiger partial charge in [0, 0.05) is 6.54 Å². The summed E-state index contributed by atoms with van der Waals surface area (Å²) >= 11 is 0. The summed E-state index contributed by atoms with van der Waals surface area (Å²) in [6.07, 6.45) is 0. The van der Waals surface area contributed by atoms with Gasteiger partial charge in [-0.15, -0.1) is 0 Å². The summed E-state index contributed by atoms with van der Waals surface area (Å²) in [5.74, 6) is 0. The largest absolute Gasteiger partial charge is 0.213 e. The molecule has 4 nitrogen and oxygen atoms in total. The lowest BCUT2D eigenvalue weighted by Gasteiger charge is -2.17. The fourth-order valence-electron chi connectivity index (χ4n) is 0.487.